The minimum atomic E-state index is 0.191. The Morgan fingerprint density at radius 3 is 2.62 bits per heavy atom. The predicted octanol–water partition coefficient (Wildman–Crippen LogP) is 1.66. The minimum Gasteiger partial charge on any atom is -0.378 e. The summed E-state index contributed by atoms with van der Waals surface area (Å²) in [7, 11) is 0. The molecule has 122 valence electrons. The van der Waals surface area contributed by atoms with E-state index in [9.17, 15) is 0 Å². The fourth-order valence-electron chi connectivity index (χ4n) is 2.57. The number of pyridine rings is 1. The van der Waals surface area contributed by atoms with Gasteiger partial charge in [0.2, 0.25) is 5.95 Å². The maximum atomic E-state index is 5.83. The molecule has 0 radical (unpaired) electrons. The number of hydrogen-bond acceptors (Lipinski definition) is 8. The zero-order chi connectivity index (χ0) is 16.5. The number of fused-ring (bicyclic) bond motifs is 1. The van der Waals surface area contributed by atoms with Gasteiger partial charge < -0.3 is 15.4 Å². The molecule has 1 aliphatic rings. The number of aromatic nitrogens is 5. The topological polar surface area (TPSA) is 103 Å². The smallest absolute Gasteiger partial charge is 0.224 e. The quantitative estimate of drug-likeness (QED) is 0.662. The summed E-state index contributed by atoms with van der Waals surface area (Å²) in [5, 5.41) is 0. The minimum absolute atomic E-state index is 0.191. The average Bonchev–Trinajstić information content (AvgIpc) is 2.62. The van der Waals surface area contributed by atoms with Crippen LogP contribution in [0.5, 0.6) is 0 Å². The van der Waals surface area contributed by atoms with Crippen molar-refractivity contribution in [1.29, 1.82) is 0 Å². The average molecular weight is 388 g/mol. The van der Waals surface area contributed by atoms with E-state index in [0.717, 1.165) is 23.3 Å². The Balaban J connectivity index is 1.85. The lowest BCUT2D eigenvalue weighted by Crippen LogP contribution is -2.37. The molecule has 3 aromatic heterocycles. The van der Waals surface area contributed by atoms with E-state index in [2.05, 4.69) is 40.8 Å². The molecule has 3 aromatic rings. The van der Waals surface area contributed by atoms with Crippen LogP contribution in [0, 0.1) is 0 Å². The number of morpholine rings is 1. The molecule has 9 heteroatoms. The molecule has 1 fully saturated rings. The van der Waals surface area contributed by atoms with Crippen molar-refractivity contribution < 1.29 is 4.74 Å². The fraction of sp³-hybridized carbons (Fsp3) is 0.267. The molecular weight excluding hydrogens is 374 g/mol. The van der Waals surface area contributed by atoms with Gasteiger partial charge in [-0.05, 0) is 28.1 Å². The SMILES string of the molecule is Nc1nc(N2CCOCC2)c2nc(-c3ccc(Br)nc3)cnc2n1. The first-order valence-corrected chi connectivity index (χ1v) is 8.25. The van der Waals surface area contributed by atoms with Crippen LogP contribution in [0.25, 0.3) is 22.4 Å². The van der Waals surface area contributed by atoms with Crippen molar-refractivity contribution >= 4 is 38.9 Å². The molecule has 0 spiro atoms. The summed E-state index contributed by atoms with van der Waals surface area (Å²) < 4.78 is 6.17. The number of rotatable bonds is 2. The Morgan fingerprint density at radius 2 is 1.88 bits per heavy atom. The van der Waals surface area contributed by atoms with Crippen LogP contribution in [0.3, 0.4) is 0 Å². The third-order valence-corrected chi connectivity index (χ3v) is 4.21. The lowest BCUT2D eigenvalue weighted by Gasteiger charge is -2.28. The second-order valence-corrected chi connectivity index (χ2v) is 6.11. The van der Waals surface area contributed by atoms with E-state index in [-0.39, 0.29) is 5.95 Å². The molecule has 8 nitrogen and oxygen atoms in total. The van der Waals surface area contributed by atoms with Crippen LogP contribution in [0.1, 0.15) is 0 Å². The monoisotopic (exact) mass is 387 g/mol. The van der Waals surface area contributed by atoms with E-state index in [1.54, 1.807) is 12.4 Å². The highest BCUT2D eigenvalue weighted by molar-refractivity contribution is 9.10. The fourth-order valence-corrected chi connectivity index (χ4v) is 2.81. The Hall–Kier alpha value is -2.39. The van der Waals surface area contributed by atoms with Crippen LogP contribution in [0.4, 0.5) is 11.8 Å². The molecule has 24 heavy (non-hydrogen) atoms. The third-order valence-electron chi connectivity index (χ3n) is 3.74. The molecule has 1 aliphatic heterocycles. The van der Waals surface area contributed by atoms with E-state index < -0.39 is 0 Å². The Labute approximate surface area is 146 Å². The van der Waals surface area contributed by atoms with Crippen LogP contribution in [0.15, 0.2) is 29.1 Å². The summed E-state index contributed by atoms with van der Waals surface area (Å²) >= 11 is 3.33. The van der Waals surface area contributed by atoms with Crippen LogP contribution in [0.2, 0.25) is 0 Å². The highest BCUT2D eigenvalue weighted by Crippen LogP contribution is 2.26. The highest BCUT2D eigenvalue weighted by Gasteiger charge is 2.19. The van der Waals surface area contributed by atoms with Crippen molar-refractivity contribution in [2.45, 2.75) is 0 Å². The van der Waals surface area contributed by atoms with E-state index in [1.807, 2.05) is 12.1 Å². The third kappa shape index (κ3) is 2.87. The molecule has 0 aliphatic carbocycles. The van der Waals surface area contributed by atoms with Crippen LogP contribution < -0.4 is 10.6 Å². The Kier molecular flexibility index (Phi) is 3.95. The van der Waals surface area contributed by atoms with Crippen molar-refractivity contribution in [1.82, 2.24) is 24.9 Å². The zero-order valence-electron chi connectivity index (χ0n) is 12.7. The lowest BCUT2D eigenvalue weighted by atomic mass is 10.2. The molecule has 0 amide bonds. The van der Waals surface area contributed by atoms with Gasteiger partial charge in [0.05, 0.1) is 25.1 Å². The summed E-state index contributed by atoms with van der Waals surface area (Å²) in [6, 6.07) is 3.79. The summed E-state index contributed by atoms with van der Waals surface area (Å²) in [5.41, 5.74) is 8.54. The number of nitrogen functional groups attached to an aromatic ring is 1. The zero-order valence-corrected chi connectivity index (χ0v) is 14.3. The number of nitrogens with zero attached hydrogens (tertiary/aromatic N) is 6. The molecule has 0 unspecified atom stereocenters. The van der Waals surface area contributed by atoms with Gasteiger partial charge in [-0.1, -0.05) is 0 Å². The molecular formula is C15H14BrN7O. The molecule has 4 rings (SSSR count). The van der Waals surface area contributed by atoms with Crippen molar-refractivity contribution in [3.8, 4) is 11.3 Å². The highest BCUT2D eigenvalue weighted by atomic mass is 79.9. The number of nitrogens with two attached hydrogens (primary N) is 1. The van der Waals surface area contributed by atoms with Gasteiger partial charge in [-0.3, -0.25) is 0 Å². The molecule has 2 N–H and O–H groups in total. The molecule has 0 atom stereocenters. The van der Waals surface area contributed by atoms with Crippen LogP contribution in [-0.2, 0) is 4.74 Å². The van der Waals surface area contributed by atoms with E-state index in [4.69, 9.17) is 15.5 Å². The van der Waals surface area contributed by atoms with Crippen LogP contribution >= 0.6 is 15.9 Å². The van der Waals surface area contributed by atoms with Crippen molar-refractivity contribution in [2.24, 2.45) is 0 Å². The predicted molar refractivity (Wildman–Crippen MR) is 93.5 cm³/mol. The van der Waals surface area contributed by atoms with Crippen molar-refractivity contribution in [3.05, 3.63) is 29.1 Å². The summed E-state index contributed by atoms with van der Waals surface area (Å²) in [6.07, 6.45) is 3.41. The maximum absolute atomic E-state index is 5.83. The second-order valence-electron chi connectivity index (χ2n) is 5.30. The van der Waals surface area contributed by atoms with Crippen LogP contribution in [-0.4, -0.2) is 51.2 Å². The van der Waals surface area contributed by atoms with Gasteiger partial charge in [0.25, 0.3) is 0 Å². The van der Waals surface area contributed by atoms with E-state index >= 15 is 0 Å². The largest absolute Gasteiger partial charge is 0.378 e. The molecule has 0 saturated carbocycles. The van der Waals surface area contributed by atoms with Gasteiger partial charge in [-0.15, -0.1) is 0 Å². The van der Waals surface area contributed by atoms with Gasteiger partial charge in [0.15, 0.2) is 17.0 Å². The van der Waals surface area contributed by atoms with Gasteiger partial charge in [-0.25, -0.2) is 15.0 Å². The van der Waals surface area contributed by atoms with Gasteiger partial charge in [-0.2, -0.15) is 9.97 Å². The lowest BCUT2D eigenvalue weighted by molar-refractivity contribution is 0.122. The first-order valence-electron chi connectivity index (χ1n) is 7.45. The van der Waals surface area contributed by atoms with Gasteiger partial charge >= 0.3 is 0 Å². The Bertz CT molecular complexity index is 881. The summed E-state index contributed by atoms with van der Waals surface area (Å²) in [4.78, 5) is 24.0. The first kappa shape index (κ1) is 15.2. The van der Waals surface area contributed by atoms with Crippen molar-refractivity contribution in [2.75, 3.05) is 36.9 Å². The standard InChI is InChI=1S/C15H14BrN7O/c16-11-2-1-9(7-18-11)10-8-19-13-12(20-10)14(22-15(17)21-13)23-3-5-24-6-4-23/h1-2,7-8H,3-6H2,(H2,17,19,21,22). The number of ether oxygens (including phenoxy) is 1. The first-order chi connectivity index (χ1) is 11.7. The van der Waals surface area contributed by atoms with Gasteiger partial charge in [0.1, 0.15) is 4.60 Å². The summed E-state index contributed by atoms with van der Waals surface area (Å²) in [6.45, 7) is 2.76. The molecule has 0 aromatic carbocycles. The maximum Gasteiger partial charge on any atom is 0.224 e. The number of hydrogen-bond donors (Lipinski definition) is 1. The molecule has 4 heterocycles. The Morgan fingerprint density at radius 1 is 1.04 bits per heavy atom. The van der Waals surface area contributed by atoms with Crippen molar-refractivity contribution in [3.63, 3.8) is 0 Å². The molecule has 1 saturated heterocycles. The number of halogens is 1. The normalized spacial score (nSPS) is 15.0. The van der Waals surface area contributed by atoms with E-state index in [0.29, 0.717) is 35.9 Å². The number of anilines is 2. The van der Waals surface area contributed by atoms with Gasteiger partial charge in [0, 0.05) is 24.8 Å². The molecule has 0 bridgehead atoms. The summed E-state index contributed by atoms with van der Waals surface area (Å²) in [5.74, 6) is 0.886. The second kappa shape index (κ2) is 6.25. The van der Waals surface area contributed by atoms with E-state index in [1.165, 1.54) is 0 Å².